The van der Waals surface area contributed by atoms with Gasteiger partial charge < -0.3 is 5.32 Å². The molecule has 1 aliphatic rings. The lowest BCUT2D eigenvalue weighted by atomic mass is 9.91. The molecule has 1 fully saturated rings. The smallest absolute Gasteiger partial charge is 0.224 e. The quantitative estimate of drug-likeness (QED) is 0.268. The van der Waals surface area contributed by atoms with Crippen LogP contribution in [-0.4, -0.2) is 53.0 Å². The van der Waals surface area contributed by atoms with Crippen molar-refractivity contribution in [2.75, 3.05) is 19.6 Å². The Morgan fingerprint density at radius 3 is 2.55 bits per heavy atom. The molecule has 38 heavy (non-hydrogen) atoms. The molecule has 1 saturated heterocycles. The molecule has 2 aromatic rings. The lowest BCUT2D eigenvalue weighted by Gasteiger charge is -2.27. The number of nitrogens with one attached hydrogen (secondary N) is 1. The molecule has 1 aromatic heterocycles. The molecular formula is C31H45N3O3S. The van der Waals surface area contributed by atoms with Crippen LogP contribution < -0.4 is 5.32 Å². The number of fused-ring (bicyclic) bond motifs is 1. The Kier molecular flexibility index (Phi) is 11.7. The minimum Gasteiger partial charge on any atom is -0.353 e. The van der Waals surface area contributed by atoms with Gasteiger partial charge in [0.15, 0.2) is 5.78 Å². The lowest BCUT2D eigenvalue weighted by molar-refractivity contribution is -0.130. The fraction of sp³-hybridized carbons (Fsp3) is 0.613. The third-order valence-corrected chi connectivity index (χ3v) is 8.95. The highest BCUT2D eigenvalue weighted by molar-refractivity contribution is 7.18. The zero-order chi connectivity index (χ0) is 27.7. The number of amides is 1. The fourth-order valence-electron chi connectivity index (χ4n) is 5.06. The van der Waals surface area contributed by atoms with Gasteiger partial charge in [0.05, 0.1) is 21.1 Å². The minimum atomic E-state index is -0.471. The highest BCUT2D eigenvalue weighted by Crippen LogP contribution is 2.27. The van der Waals surface area contributed by atoms with Crippen LogP contribution in [-0.2, 0) is 27.2 Å². The molecule has 0 radical (unpaired) electrons. The van der Waals surface area contributed by atoms with Crippen LogP contribution in [0.2, 0.25) is 0 Å². The van der Waals surface area contributed by atoms with Crippen LogP contribution in [0.1, 0.15) is 83.2 Å². The number of thiazole rings is 1. The van der Waals surface area contributed by atoms with E-state index in [4.69, 9.17) is 4.98 Å². The van der Waals surface area contributed by atoms with Crippen molar-refractivity contribution in [1.29, 1.82) is 0 Å². The maximum atomic E-state index is 13.6. The van der Waals surface area contributed by atoms with Crippen LogP contribution >= 0.6 is 11.3 Å². The SMILES string of the molecule is C=C(CN1CCCC1)C(=O)CC[C@@H](NC(=O)[C@@H](CC(=O)CC)Cc1nc2ccc(CC)cc2s1)[C@@H](C)CC. The second kappa shape index (κ2) is 14.7. The molecule has 2 heterocycles. The van der Waals surface area contributed by atoms with Gasteiger partial charge in [0, 0.05) is 43.8 Å². The van der Waals surface area contributed by atoms with Crippen LogP contribution in [0.5, 0.6) is 0 Å². The first-order valence-electron chi connectivity index (χ1n) is 14.4. The molecule has 208 valence electrons. The molecule has 0 saturated carbocycles. The number of hydrogen-bond donors (Lipinski definition) is 1. The monoisotopic (exact) mass is 539 g/mol. The number of likely N-dealkylation sites (tertiary alicyclic amines) is 1. The van der Waals surface area contributed by atoms with Crippen LogP contribution in [0.4, 0.5) is 0 Å². The summed E-state index contributed by atoms with van der Waals surface area (Å²) >= 11 is 1.61. The average Bonchev–Trinajstić information content (AvgIpc) is 3.58. The number of aromatic nitrogens is 1. The third-order valence-electron chi connectivity index (χ3n) is 7.91. The van der Waals surface area contributed by atoms with Gasteiger partial charge in [-0.2, -0.15) is 0 Å². The summed E-state index contributed by atoms with van der Waals surface area (Å²) in [5, 5.41) is 4.11. The fourth-order valence-corrected chi connectivity index (χ4v) is 6.17. The standard InChI is InChI=1S/C31H45N3O3S/c1-6-21(4)26(13-14-28(36)22(5)20-34-15-9-10-16-34)33-31(37)24(18-25(35)8-3)19-30-32-27-12-11-23(7-2)17-29(27)38-30/h11-12,17,21,24,26H,5-10,13-16,18-20H2,1-4H3,(H,33,37)/t21-,24-,26+/m0/s1. The molecule has 3 atom stereocenters. The highest BCUT2D eigenvalue weighted by atomic mass is 32.1. The molecule has 0 bridgehead atoms. The van der Waals surface area contributed by atoms with Crippen molar-refractivity contribution in [2.45, 2.75) is 91.5 Å². The highest BCUT2D eigenvalue weighted by Gasteiger charge is 2.28. The molecule has 3 rings (SSSR count). The number of ketones is 2. The van der Waals surface area contributed by atoms with E-state index in [1.54, 1.807) is 11.3 Å². The Hall–Kier alpha value is -2.38. The second-order valence-corrected chi connectivity index (χ2v) is 11.9. The van der Waals surface area contributed by atoms with E-state index in [0.717, 1.165) is 41.2 Å². The van der Waals surface area contributed by atoms with Crippen LogP contribution in [0.15, 0.2) is 30.4 Å². The molecule has 7 heteroatoms. The van der Waals surface area contributed by atoms with Crippen LogP contribution in [0, 0.1) is 11.8 Å². The van der Waals surface area contributed by atoms with Crippen molar-refractivity contribution < 1.29 is 14.4 Å². The molecule has 1 aromatic carbocycles. The van der Waals surface area contributed by atoms with E-state index in [1.165, 1.54) is 18.4 Å². The van der Waals surface area contributed by atoms with Gasteiger partial charge in [0.1, 0.15) is 5.78 Å². The lowest BCUT2D eigenvalue weighted by Crippen LogP contribution is -2.43. The summed E-state index contributed by atoms with van der Waals surface area (Å²) in [6, 6.07) is 6.16. The summed E-state index contributed by atoms with van der Waals surface area (Å²) in [5.74, 6) is -0.211. The average molecular weight is 540 g/mol. The molecule has 0 spiro atoms. The first-order chi connectivity index (χ1) is 18.2. The topological polar surface area (TPSA) is 79.4 Å². The van der Waals surface area contributed by atoms with Gasteiger partial charge >= 0.3 is 0 Å². The van der Waals surface area contributed by atoms with Crippen molar-refractivity contribution in [3.63, 3.8) is 0 Å². The third kappa shape index (κ3) is 8.57. The van der Waals surface area contributed by atoms with E-state index >= 15 is 0 Å². The van der Waals surface area contributed by atoms with E-state index in [0.29, 0.717) is 37.8 Å². The van der Waals surface area contributed by atoms with Gasteiger partial charge in [0.25, 0.3) is 0 Å². The van der Waals surface area contributed by atoms with Crippen molar-refractivity contribution in [3.8, 4) is 0 Å². The Bertz CT molecular complexity index is 1120. The largest absolute Gasteiger partial charge is 0.353 e. The molecule has 6 nitrogen and oxygen atoms in total. The van der Waals surface area contributed by atoms with Gasteiger partial charge in [-0.1, -0.05) is 46.8 Å². The Balaban J connectivity index is 1.67. The number of carbonyl (C=O) groups excluding carboxylic acids is 3. The zero-order valence-corrected chi connectivity index (χ0v) is 24.5. The van der Waals surface area contributed by atoms with Crippen LogP contribution in [0.25, 0.3) is 10.2 Å². The zero-order valence-electron chi connectivity index (χ0n) is 23.7. The predicted octanol–water partition coefficient (Wildman–Crippen LogP) is 5.92. The summed E-state index contributed by atoms with van der Waals surface area (Å²) in [5.41, 5.74) is 2.86. The normalized spacial score (nSPS) is 16.3. The summed E-state index contributed by atoms with van der Waals surface area (Å²) in [6.45, 7) is 14.9. The van der Waals surface area contributed by atoms with E-state index < -0.39 is 5.92 Å². The van der Waals surface area contributed by atoms with E-state index in [1.807, 2.05) is 13.0 Å². The Labute approximate surface area is 232 Å². The maximum absolute atomic E-state index is 13.6. The number of Topliss-reactive ketones (excluding diaryl/α,β-unsaturated/α-hetero) is 2. The van der Waals surface area contributed by atoms with Gasteiger partial charge in [0.2, 0.25) is 5.91 Å². The van der Waals surface area contributed by atoms with E-state index in [-0.39, 0.29) is 35.9 Å². The number of nitrogens with zero attached hydrogens (tertiary/aromatic N) is 2. The second-order valence-electron chi connectivity index (χ2n) is 10.8. The summed E-state index contributed by atoms with van der Waals surface area (Å²) in [4.78, 5) is 45.9. The minimum absolute atomic E-state index is 0.0769. The molecule has 0 aliphatic carbocycles. The number of hydrogen-bond acceptors (Lipinski definition) is 6. The summed E-state index contributed by atoms with van der Waals surface area (Å²) < 4.78 is 1.12. The molecular weight excluding hydrogens is 494 g/mol. The Morgan fingerprint density at radius 1 is 1.16 bits per heavy atom. The first kappa shape index (κ1) is 30.2. The number of rotatable bonds is 16. The van der Waals surface area contributed by atoms with Gasteiger partial charge in [-0.3, -0.25) is 19.3 Å². The number of carbonyl (C=O) groups is 3. The van der Waals surface area contributed by atoms with Gasteiger partial charge in [-0.15, -0.1) is 11.3 Å². The molecule has 1 N–H and O–H groups in total. The molecule has 1 aliphatic heterocycles. The van der Waals surface area contributed by atoms with Crippen molar-refractivity contribution >= 4 is 39.0 Å². The van der Waals surface area contributed by atoms with Gasteiger partial charge in [-0.05, 0) is 62.4 Å². The maximum Gasteiger partial charge on any atom is 0.224 e. The van der Waals surface area contributed by atoms with E-state index in [9.17, 15) is 14.4 Å². The van der Waals surface area contributed by atoms with Crippen molar-refractivity contribution in [1.82, 2.24) is 15.2 Å². The van der Waals surface area contributed by atoms with Gasteiger partial charge in [-0.25, -0.2) is 4.98 Å². The number of aryl methyl sites for hydroxylation is 1. The Morgan fingerprint density at radius 2 is 1.89 bits per heavy atom. The summed E-state index contributed by atoms with van der Waals surface area (Å²) in [6.07, 6.45) is 6.23. The first-order valence-corrected chi connectivity index (χ1v) is 15.2. The van der Waals surface area contributed by atoms with Crippen LogP contribution in [0.3, 0.4) is 0 Å². The predicted molar refractivity (Wildman–Crippen MR) is 157 cm³/mol. The molecule has 0 unspecified atom stereocenters. The molecule has 1 amide bonds. The van der Waals surface area contributed by atoms with E-state index in [2.05, 4.69) is 49.7 Å². The summed E-state index contributed by atoms with van der Waals surface area (Å²) in [7, 11) is 0. The van der Waals surface area contributed by atoms with Crippen molar-refractivity contribution in [2.24, 2.45) is 11.8 Å². The van der Waals surface area contributed by atoms with Crippen molar-refractivity contribution in [3.05, 3.63) is 40.9 Å². The number of benzene rings is 1.